The Morgan fingerprint density at radius 1 is 1.10 bits per heavy atom. The second kappa shape index (κ2) is 8.49. The number of amides is 1. The quantitative estimate of drug-likeness (QED) is 0.670. The van der Waals surface area contributed by atoms with Gasteiger partial charge >= 0.3 is 0 Å². The van der Waals surface area contributed by atoms with Crippen molar-refractivity contribution in [2.45, 2.75) is 54.2 Å². The van der Waals surface area contributed by atoms with Crippen molar-refractivity contribution < 1.29 is 13.2 Å². The molecule has 2 fully saturated rings. The molecule has 156 valence electrons. The molecule has 2 aromatic rings. The number of rotatable bonds is 5. The number of thiophene rings is 1. The van der Waals surface area contributed by atoms with E-state index in [1.54, 1.807) is 17.5 Å². The summed E-state index contributed by atoms with van der Waals surface area (Å²) in [5.74, 6) is 0.205. The smallest absolute Gasteiger partial charge is 0.250 e. The highest BCUT2D eigenvalue weighted by molar-refractivity contribution is 9.10. The molecule has 0 radical (unpaired) electrons. The topological polar surface area (TPSA) is 66.5 Å². The van der Waals surface area contributed by atoms with Crippen molar-refractivity contribution in [3.05, 3.63) is 51.8 Å². The third kappa shape index (κ3) is 4.31. The van der Waals surface area contributed by atoms with Crippen molar-refractivity contribution in [2.75, 3.05) is 13.1 Å². The Morgan fingerprint density at radius 3 is 2.34 bits per heavy atom. The van der Waals surface area contributed by atoms with Crippen molar-refractivity contribution in [1.29, 1.82) is 0 Å². The third-order valence-electron chi connectivity index (χ3n) is 6.13. The number of nitrogens with one attached hydrogen (secondary N) is 1. The lowest BCUT2D eigenvalue weighted by molar-refractivity contribution is -0.138. The Hall–Kier alpha value is -1.22. The Labute approximate surface area is 184 Å². The number of piperidine rings is 1. The first-order chi connectivity index (χ1) is 13.9. The van der Waals surface area contributed by atoms with Gasteiger partial charge in [0.2, 0.25) is 15.9 Å². The molecule has 0 unspecified atom stereocenters. The van der Waals surface area contributed by atoms with Crippen LogP contribution in [0.3, 0.4) is 0 Å². The van der Waals surface area contributed by atoms with Gasteiger partial charge < -0.3 is 4.90 Å². The highest BCUT2D eigenvalue weighted by Crippen LogP contribution is 2.43. The molecule has 1 aliphatic heterocycles. The first-order valence-electron chi connectivity index (χ1n) is 10.0. The van der Waals surface area contributed by atoms with Crippen LogP contribution in [0.1, 0.15) is 44.1 Å². The van der Waals surface area contributed by atoms with E-state index >= 15 is 0 Å². The van der Waals surface area contributed by atoms with Gasteiger partial charge in [-0.2, -0.15) is 0 Å². The molecule has 1 N–H and O–H groups in total. The minimum atomic E-state index is -3.47. The minimum Gasteiger partial charge on any atom is -0.342 e. The van der Waals surface area contributed by atoms with Crippen LogP contribution in [0.2, 0.25) is 0 Å². The molecule has 1 saturated heterocycles. The standard InChI is InChI=1S/C21H25BrN2O3S2/c22-17-7-5-16(6-8-17)21(11-1-2-12-21)20(25)24-13-9-18(10-14-24)23-29(26,27)19-4-3-15-28-19/h3-8,15,18,23H,1-2,9-14H2. The maximum Gasteiger partial charge on any atom is 0.250 e. The normalized spacial score (nSPS) is 20.1. The molecule has 0 atom stereocenters. The van der Waals surface area contributed by atoms with E-state index in [1.807, 2.05) is 17.0 Å². The van der Waals surface area contributed by atoms with E-state index in [2.05, 4.69) is 32.8 Å². The number of halogens is 1. The number of carbonyl (C=O) groups excluding carboxylic acids is 1. The molecular weight excluding hydrogens is 472 g/mol. The van der Waals surface area contributed by atoms with Gasteiger partial charge in [0, 0.05) is 23.6 Å². The number of hydrogen-bond acceptors (Lipinski definition) is 4. The highest BCUT2D eigenvalue weighted by Gasteiger charge is 2.45. The summed E-state index contributed by atoms with van der Waals surface area (Å²) in [5.41, 5.74) is 0.674. The summed E-state index contributed by atoms with van der Waals surface area (Å²) < 4.78 is 29.1. The van der Waals surface area contributed by atoms with E-state index in [4.69, 9.17) is 0 Å². The second-order valence-corrected chi connectivity index (χ2v) is 11.7. The fraction of sp³-hybridized carbons (Fsp3) is 0.476. The number of likely N-dealkylation sites (tertiary alicyclic amines) is 1. The predicted molar refractivity (Wildman–Crippen MR) is 119 cm³/mol. The maximum absolute atomic E-state index is 13.6. The lowest BCUT2D eigenvalue weighted by Crippen LogP contribution is -2.51. The van der Waals surface area contributed by atoms with Gasteiger partial charge in [-0.1, -0.05) is 47.0 Å². The fourth-order valence-electron chi connectivity index (χ4n) is 4.57. The van der Waals surface area contributed by atoms with Gasteiger partial charge in [0.15, 0.2) is 0 Å². The van der Waals surface area contributed by atoms with Gasteiger partial charge in [0.1, 0.15) is 4.21 Å². The molecule has 0 bridgehead atoms. The van der Waals surface area contributed by atoms with E-state index in [0.29, 0.717) is 30.1 Å². The summed E-state index contributed by atoms with van der Waals surface area (Å²) in [6.07, 6.45) is 5.20. The lowest BCUT2D eigenvalue weighted by atomic mass is 9.77. The van der Waals surface area contributed by atoms with Gasteiger partial charge in [0.05, 0.1) is 5.41 Å². The van der Waals surface area contributed by atoms with Crippen LogP contribution >= 0.6 is 27.3 Å². The van der Waals surface area contributed by atoms with Crippen molar-refractivity contribution in [3.63, 3.8) is 0 Å². The monoisotopic (exact) mass is 496 g/mol. The van der Waals surface area contributed by atoms with Crippen LogP contribution in [0, 0.1) is 0 Å². The maximum atomic E-state index is 13.6. The molecule has 1 aromatic heterocycles. The zero-order valence-electron chi connectivity index (χ0n) is 16.1. The summed E-state index contributed by atoms with van der Waals surface area (Å²) in [4.78, 5) is 15.5. The molecule has 5 nitrogen and oxygen atoms in total. The zero-order chi connectivity index (χ0) is 20.5. The van der Waals surface area contributed by atoms with Crippen molar-refractivity contribution in [1.82, 2.24) is 9.62 Å². The number of nitrogens with zero attached hydrogens (tertiary/aromatic N) is 1. The van der Waals surface area contributed by atoms with Crippen LogP contribution in [0.15, 0.2) is 50.5 Å². The second-order valence-electron chi connectivity index (χ2n) is 7.92. The molecule has 0 spiro atoms. The van der Waals surface area contributed by atoms with E-state index in [9.17, 15) is 13.2 Å². The third-order valence-corrected chi connectivity index (χ3v) is 9.57. The summed E-state index contributed by atoms with van der Waals surface area (Å²) in [5, 5.41) is 1.76. The zero-order valence-corrected chi connectivity index (χ0v) is 19.4. The lowest BCUT2D eigenvalue weighted by Gasteiger charge is -2.39. The molecule has 2 heterocycles. The largest absolute Gasteiger partial charge is 0.342 e. The Kier molecular flexibility index (Phi) is 6.16. The SMILES string of the molecule is O=C(N1CCC(NS(=O)(=O)c2cccs2)CC1)C1(c2ccc(Br)cc2)CCCC1. The van der Waals surface area contributed by atoms with Crippen LogP contribution in [0.25, 0.3) is 0 Å². The van der Waals surface area contributed by atoms with Gasteiger partial charge in [-0.3, -0.25) is 4.79 Å². The molecule has 4 rings (SSSR count). The van der Waals surface area contributed by atoms with Crippen molar-refractivity contribution in [3.8, 4) is 0 Å². The van der Waals surface area contributed by atoms with Gasteiger partial charge in [-0.15, -0.1) is 11.3 Å². The van der Waals surface area contributed by atoms with Crippen LogP contribution in [0.4, 0.5) is 0 Å². The molecule has 1 amide bonds. The van der Waals surface area contributed by atoms with Crippen LogP contribution in [-0.2, 0) is 20.2 Å². The average molecular weight is 497 g/mol. The van der Waals surface area contributed by atoms with E-state index in [1.165, 1.54) is 11.3 Å². The Morgan fingerprint density at radius 2 is 1.76 bits per heavy atom. The Bertz CT molecular complexity index is 944. The van der Waals surface area contributed by atoms with Gasteiger partial charge in [-0.25, -0.2) is 13.1 Å². The van der Waals surface area contributed by atoms with Crippen LogP contribution in [-0.4, -0.2) is 38.4 Å². The summed E-state index contributed by atoms with van der Waals surface area (Å²) >= 11 is 4.70. The van der Waals surface area contributed by atoms with E-state index < -0.39 is 15.4 Å². The molecule has 29 heavy (non-hydrogen) atoms. The van der Waals surface area contributed by atoms with Gasteiger partial charge in [0.25, 0.3) is 0 Å². The number of hydrogen-bond donors (Lipinski definition) is 1. The number of carbonyl (C=O) groups is 1. The summed E-state index contributed by atoms with van der Waals surface area (Å²) in [7, 11) is -3.47. The Balaban J connectivity index is 1.43. The molecule has 1 aliphatic carbocycles. The molecule has 8 heteroatoms. The van der Waals surface area contributed by atoms with Gasteiger partial charge in [-0.05, 0) is 54.8 Å². The van der Waals surface area contributed by atoms with Crippen LogP contribution < -0.4 is 4.72 Å². The molecule has 1 aromatic carbocycles. The highest BCUT2D eigenvalue weighted by atomic mass is 79.9. The van der Waals surface area contributed by atoms with E-state index in [0.717, 1.165) is 35.7 Å². The van der Waals surface area contributed by atoms with E-state index in [-0.39, 0.29) is 11.9 Å². The van der Waals surface area contributed by atoms with Crippen molar-refractivity contribution in [2.24, 2.45) is 0 Å². The predicted octanol–water partition coefficient (Wildman–Crippen LogP) is 4.29. The fourth-order valence-corrected chi connectivity index (χ4v) is 7.15. The summed E-state index contributed by atoms with van der Waals surface area (Å²) in [6, 6.07) is 11.4. The number of sulfonamides is 1. The van der Waals surface area contributed by atoms with Crippen molar-refractivity contribution >= 4 is 43.2 Å². The average Bonchev–Trinajstić information content (AvgIpc) is 3.42. The molecule has 1 saturated carbocycles. The minimum absolute atomic E-state index is 0.127. The molecule has 2 aliphatic rings. The summed E-state index contributed by atoms with van der Waals surface area (Å²) in [6.45, 7) is 1.18. The first-order valence-corrected chi connectivity index (χ1v) is 13.2. The first kappa shape index (κ1) is 21.0. The van der Waals surface area contributed by atoms with Crippen LogP contribution in [0.5, 0.6) is 0 Å². The number of benzene rings is 1. The molecular formula is C21H25BrN2O3S2.